The smallest absolute Gasteiger partial charge is 0.165 e. The van der Waals surface area contributed by atoms with E-state index in [1.165, 1.54) is 11.8 Å². The highest BCUT2D eigenvalue weighted by Gasteiger charge is 2.06. The van der Waals surface area contributed by atoms with Gasteiger partial charge in [-0.2, -0.15) is 5.26 Å². The molecule has 0 radical (unpaired) electrons. The summed E-state index contributed by atoms with van der Waals surface area (Å²) < 4.78 is 5.80. The minimum atomic E-state index is 0.576. The Labute approximate surface area is 150 Å². The molecule has 1 aromatic heterocycles. The van der Waals surface area contributed by atoms with Crippen LogP contribution in [0.3, 0.4) is 0 Å². The van der Waals surface area contributed by atoms with E-state index in [4.69, 9.17) is 16.0 Å². The van der Waals surface area contributed by atoms with Crippen LogP contribution >= 0.6 is 23.4 Å². The fourth-order valence-corrected chi connectivity index (χ4v) is 3.05. The van der Waals surface area contributed by atoms with E-state index in [9.17, 15) is 5.26 Å². The zero-order valence-corrected chi connectivity index (χ0v) is 14.6. The van der Waals surface area contributed by atoms with Crippen LogP contribution in [-0.2, 0) is 0 Å². The normalized spacial score (nSPS) is 11.3. The van der Waals surface area contributed by atoms with Gasteiger partial charge in [0.2, 0.25) is 0 Å². The first-order valence-corrected chi connectivity index (χ1v) is 8.55. The molecule has 2 nitrogen and oxygen atoms in total. The number of aryl methyl sites for hydroxylation is 1. The summed E-state index contributed by atoms with van der Waals surface area (Å²) in [6.07, 6.45) is 1.76. The molecule has 0 aliphatic heterocycles. The third kappa shape index (κ3) is 4.11. The van der Waals surface area contributed by atoms with Crippen molar-refractivity contribution in [1.82, 2.24) is 0 Å². The van der Waals surface area contributed by atoms with Crippen LogP contribution in [0, 0.1) is 18.3 Å². The molecule has 0 aliphatic carbocycles. The lowest BCUT2D eigenvalue weighted by atomic mass is 10.0. The number of allylic oxidation sites excluding steroid dienone is 1. The molecule has 118 valence electrons. The number of rotatable bonds is 4. The Hall–Kier alpha value is -2.41. The first-order valence-electron chi connectivity index (χ1n) is 7.36. The van der Waals surface area contributed by atoms with E-state index in [0.29, 0.717) is 16.4 Å². The molecule has 0 N–H and O–H groups in total. The molecular formula is C20H14ClNOS. The van der Waals surface area contributed by atoms with Crippen LogP contribution in [0.1, 0.15) is 16.9 Å². The number of benzene rings is 2. The summed E-state index contributed by atoms with van der Waals surface area (Å²) in [5.41, 5.74) is 2.62. The molecule has 0 unspecified atom stereocenters. The Balaban J connectivity index is 1.80. The Morgan fingerprint density at radius 2 is 1.75 bits per heavy atom. The van der Waals surface area contributed by atoms with E-state index in [-0.39, 0.29) is 0 Å². The molecule has 0 aliphatic rings. The lowest BCUT2D eigenvalue weighted by Gasteiger charge is -2.00. The van der Waals surface area contributed by atoms with Gasteiger partial charge in [0, 0.05) is 9.92 Å². The molecule has 0 spiro atoms. The van der Waals surface area contributed by atoms with Gasteiger partial charge in [0.15, 0.2) is 5.09 Å². The van der Waals surface area contributed by atoms with Crippen molar-refractivity contribution >= 4 is 35.0 Å². The molecule has 0 fully saturated rings. The van der Waals surface area contributed by atoms with Gasteiger partial charge in [0.1, 0.15) is 5.76 Å². The van der Waals surface area contributed by atoms with Crippen LogP contribution in [0.15, 0.2) is 75.1 Å². The van der Waals surface area contributed by atoms with Crippen molar-refractivity contribution in [1.29, 1.82) is 5.26 Å². The van der Waals surface area contributed by atoms with Crippen LogP contribution in [0.5, 0.6) is 0 Å². The third-order valence-electron chi connectivity index (χ3n) is 3.40. The maximum absolute atomic E-state index is 9.40. The quantitative estimate of drug-likeness (QED) is 0.506. The van der Waals surface area contributed by atoms with Crippen LogP contribution in [-0.4, -0.2) is 0 Å². The van der Waals surface area contributed by atoms with Gasteiger partial charge in [0.05, 0.1) is 11.6 Å². The summed E-state index contributed by atoms with van der Waals surface area (Å²) in [6, 6.07) is 21.4. The molecule has 0 bridgehead atoms. The highest BCUT2D eigenvalue weighted by molar-refractivity contribution is 7.99. The standard InChI is InChI=1S/C20H14ClNOS/c1-14-2-4-15(5-3-14)16(13-22)12-18-8-11-20(23-18)24-19-9-6-17(21)7-10-19/h2-12H,1H3/b16-12-. The second-order valence-electron chi connectivity index (χ2n) is 5.25. The monoisotopic (exact) mass is 351 g/mol. The third-order valence-corrected chi connectivity index (χ3v) is 4.58. The molecule has 3 aromatic rings. The molecule has 2 aromatic carbocycles. The van der Waals surface area contributed by atoms with Gasteiger partial charge in [-0.25, -0.2) is 0 Å². The predicted molar refractivity (Wildman–Crippen MR) is 98.9 cm³/mol. The minimum absolute atomic E-state index is 0.576. The van der Waals surface area contributed by atoms with E-state index in [0.717, 1.165) is 21.1 Å². The molecule has 3 rings (SSSR count). The SMILES string of the molecule is Cc1ccc(/C(C#N)=C\c2ccc(Sc3ccc(Cl)cc3)o2)cc1. The Kier molecular flexibility index (Phi) is 5.10. The first kappa shape index (κ1) is 16.4. The summed E-state index contributed by atoms with van der Waals surface area (Å²) in [4.78, 5) is 1.04. The summed E-state index contributed by atoms with van der Waals surface area (Å²) in [5, 5.41) is 10.9. The molecule has 0 saturated carbocycles. The van der Waals surface area contributed by atoms with E-state index in [1.54, 1.807) is 6.08 Å². The number of nitrogens with zero attached hydrogens (tertiary/aromatic N) is 1. The van der Waals surface area contributed by atoms with Gasteiger partial charge in [-0.15, -0.1) is 0 Å². The zero-order valence-electron chi connectivity index (χ0n) is 13.0. The Bertz CT molecular complexity index is 902. The maximum atomic E-state index is 9.40. The average molecular weight is 352 g/mol. The summed E-state index contributed by atoms with van der Waals surface area (Å²) in [5.74, 6) is 0.656. The minimum Gasteiger partial charge on any atom is -0.450 e. The Morgan fingerprint density at radius 1 is 1.04 bits per heavy atom. The fraction of sp³-hybridized carbons (Fsp3) is 0.0500. The number of hydrogen-bond donors (Lipinski definition) is 0. The Morgan fingerprint density at radius 3 is 2.42 bits per heavy atom. The van der Waals surface area contributed by atoms with E-state index >= 15 is 0 Å². The van der Waals surface area contributed by atoms with Crippen molar-refractivity contribution in [2.45, 2.75) is 16.9 Å². The highest BCUT2D eigenvalue weighted by atomic mass is 35.5. The lowest BCUT2D eigenvalue weighted by Crippen LogP contribution is -1.81. The largest absolute Gasteiger partial charge is 0.450 e. The second kappa shape index (κ2) is 7.44. The predicted octanol–water partition coefficient (Wildman–Crippen LogP) is 6.46. The number of hydrogen-bond acceptors (Lipinski definition) is 3. The molecule has 4 heteroatoms. The highest BCUT2D eigenvalue weighted by Crippen LogP contribution is 2.31. The van der Waals surface area contributed by atoms with Crippen LogP contribution in [0.4, 0.5) is 0 Å². The summed E-state index contributed by atoms with van der Waals surface area (Å²) in [6.45, 7) is 2.02. The lowest BCUT2D eigenvalue weighted by molar-refractivity contribution is 0.466. The van der Waals surface area contributed by atoms with Crippen molar-refractivity contribution in [3.63, 3.8) is 0 Å². The van der Waals surface area contributed by atoms with Crippen molar-refractivity contribution in [3.8, 4) is 6.07 Å². The van der Waals surface area contributed by atoms with Crippen molar-refractivity contribution in [3.05, 3.63) is 82.6 Å². The van der Waals surface area contributed by atoms with Crippen LogP contribution in [0.2, 0.25) is 5.02 Å². The molecule has 0 saturated heterocycles. The first-order chi connectivity index (χ1) is 11.6. The molecule has 0 atom stereocenters. The topological polar surface area (TPSA) is 36.9 Å². The summed E-state index contributed by atoms with van der Waals surface area (Å²) >= 11 is 7.40. The van der Waals surface area contributed by atoms with Gasteiger partial charge in [-0.3, -0.25) is 0 Å². The number of furan rings is 1. The van der Waals surface area contributed by atoms with Gasteiger partial charge in [-0.1, -0.05) is 53.2 Å². The van der Waals surface area contributed by atoms with E-state index in [1.807, 2.05) is 67.6 Å². The second-order valence-corrected chi connectivity index (χ2v) is 6.76. The fourth-order valence-electron chi connectivity index (χ4n) is 2.14. The van der Waals surface area contributed by atoms with E-state index < -0.39 is 0 Å². The van der Waals surface area contributed by atoms with Gasteiger partial charge < -0.3 is 4.42 Å². The average Bonchev–Trinajstić information content (AvgIpc) is 3.03. The van der Waals surface area contributed by atoms with Crippen LogP contribution < -0.4 is 0 Å². The molecule has 1 heterocycles. The van der Waals surface area contributed by atoms with Gasteiger partial charge in [0.25, 0.3) is 0 Å². The van der Waals surface area contributed by atoms with Crippen molar-refractivity contribution < 1.29 is 4.42 Å². The maximum Gasteiger partial charge on any atom is 0.165 e. The van der Waals surface area contributed by atoms with Gasteiger partial charge >= 0.3 is 0 Å². The van der Waals surface area contributed by atoms with E-state index in [2.05, 4.69) is 6.07 Å². The van der Waals surface area contributed by atoms with Gasteiger partial charge in [-0.05, 0) is 55.0 Å². The van der Waals surface area contributed by atoms with Crippen molar-refractivity contribution in [2.75, 3.05) is 0 Å². The number of halogens is 1. The molecular weight excluding hydrogens is 338 g/mol. The summed E-state index contributed by atoms with van der Waals surface area (Å²) in [7, 11) is 0. The van der Waals surface area contributed by atoms with Crippen LogP contribution in [0.25, 0.3) is 11.6 Å². The zero-order chi connectivity index (χ0) is 16.9. The number of nitriles is 1. The molecule has 24 heavy (non-hydrogen) atoms. The van der Waals surface area contributed by atoms with Crippen molar-refractivity contribution in [2.24, 2.45) is 0 Å². The molecule has 0 amide bonds.